The highest BCUT2D eigenvalue weighted by Crippen LogP contribution is 2.29. The molecule has 4 aromatic rings. The Labute approximate surface area is 217 Å². The highest BCUT2D eigenvalue weighted by atomic mass is 35.5. The van der Waals surface area contributed by atoms with Gasteiger partial charge < -0.3 is 0 Å². The fourth-order valence-electron chi connectivity index (χ4n) is 3.27. The second-order valence-electron chi connectivity index (χ2n) is 7.83. The molecule has 0 atom stereocenters. The lowest BCUT2D eigenvalue weighted by Gasteiger charge is -2.23. The van der Waals surface area contributed by atoms with Gasteiger partial charge in [-0.1, -0.05) is 76.5 Å². The van der Waals surface area contributed by atoms with Gasteiger partial charge in [0, 0.05) is 21.2 Å². The Kier molecular flexibility index (Phi) is 7.42. The number of nitrogens with one attached hydrogen (secondary N) is 1. The molecule has 0 saturated carbocycles. The van der Waals surface area contributed by atoms with E-state index in [0.717, 1.165) is 17.4 Å². The van der Waals surface area contributed by atoms with E-state index in [-0.39, 0.29) is 12.5 Å². The van der Waals surface area contributed by atoms with Crippen LogP contribution in [0, 0.1) is 6.92 Å². The van der Waals surface area contributed by atoms with Gasteiger partial charge in [0.15, 0.2) is 0 Å². The van der Waals surface area contributed by atoms with Gasteiger partial charge in [-0.25, -0.2) is 8.42 Å². The second kappa shape index (κ2) is 10.3. The van der Waals surface area contributed by atoms with Gasteiger partial charge in [-0.2, -0.15) is 0 Å². The zero-order chi connectivity index (χ0) is 25.2. The first-order valence-corrected chi connectivity index (χ1v) is 13.8. The van der Waals surface area contributed by atoms with Gasteiger partial charge in [0.1, 0.15) is 5.01 Å². The van der Waals surface area contributed by atoms with Crippen molar-refractivity contribution in [3.63, 3.8) is 0 Å². The van der Waals surface area contributed by atoms with Crippen LogP contribution in [0.1, 0.15) is 21.5 Å². The van der Waals surface area contributed by atoms with Crippen molar-refractivity contribution in [3.05, 3.63) is 93.5 Å². The lowest BCUT2D eigenvalue weighted by atomic mass is 10.1. The van der Waals surface area contributed by atoms with Crippen molar-refractivity contribution >= 4 is 61.3 Å². The summed E-state index contributed by atoms with van der Waals surface area (Å²) >= 11 is 13.4. The first-order valence-electron chi connectivity index (χ1n) is 10.3. The summed E-state index contributed by atoms with van der Waals surface area (Å²) in [6.45, 7) is 2.06. The predicted molar refractivity (Wildman–Crippen MR) is 142 cm³/mol. The molecule has 0 spiro atoms. The first-order chi connectivity index (χ1) is 16.6. The van der Waals surface area contributed by atoms with Gasteiger partial charge in [0.05, 0.1) is 18.5 Å². The van der Waals surface area contributed by atoms with Crippen LogP contribution in [0.15, 0.2) is 66.7 Å². The Morgan fingerprint density at radius 3 is 2.20 bits per heavy atom. The fourth-order valence-corrected chi connectivity index (χ4v) is 5.40. The highest BCUT2D eigenvalue weighted by molar-refractivity contribution is 7.92. The van der Waals surface area contributed by atoms with Crippen molar-refractivity contribution in [3.8, 4) is 10.6 Å². The third-order valence-electron chi connectivity index (χ3n) is 5.02. The molecule has 1 amide bonds. The molecule has 0 aliphatic carbocycles. The molecule has 35 heavy (non-hydrogen) atoms. The number of halogens is 2. The van der Waals surface area contributed by atoms with Gasteiger partial charge >= 0.3 is 0 Å². The van der Waals surface area contributed by atoms with Crippen molar-refractivity contribution in [2.24, 2.45) is 0 Å². The molecule has 180 valence electrons. The molecule has 11 heteroatoms. The molecule has 0 radical (unpaired) electrons. The van der Waals surface area contributed by atoms with E-state index in [9.17, 15) is 13.2 Å². The smallest absolute Gasteiger partial charge is 0.257 e. The SMILES string of the molecule is Cc1ccc(-c2nnc(NC(=O)c3ccc(CN(c4cc(Cl)cc(Cl)c4)S(C)(=O)=O)cc3)s2)cc1. The number of amides is 1. The number of benzene rings is 3. The van der Waals surface area contributed by atoms with Crippen LogP contribution in [0.2, 0.25) is 10.0 Å². The topological polar surface area (TPSA) is 92.3 Å². The monoisotopic (exact) mass is 546 g/mol. The lowest BCUT2D eigenvalue weighted by Crippen LogP contribution is -2.29. The largest absolute Gasteiger partial charge is 0.296 e. The van der Waals surface area contributed by atoms with E-state index < -0.39 is 10.0 Å². The van der Waals surface area contributed by atoms with Crippen molar-refractivity contribution < 1.29 is 13.2 Å². The number of carbonyl (C=O) groups is 1. The average Bonchev–Trinajstić information content (AvgIpc) is 3.25. The summed E-state index contributed by atoms with van der Waals surface area (Å²) in [6.07, 6.45) is 1.11. The van der Waals surface area contributed by atoms with Crippen LogP contribution in [0.4, 0.5) is 10.8 Å². The zero-order valence-corrected chi connectivity index (χ0v) is 21.8. The summed E-state index contributed by atoms with van der Waals surface area (Å²) in [7, 11) is -3.62. The quantitative estimate of drug-likeness (QED) is 0.305. The molecule has 7 nitrogen and oxygen atoms in total. The molecule has 0 aliphatic heterocycles. The van der Waals surface area contributed by atoms with Gasteiger partial charge in [-0.3, -0.25) is 14.4 Å². The molecule has 0 aliphatic rings. The molecular formula is C24H20Cl2N4O3S2. The van der Waals surface area contributed by atoms with Crippen LogP contribution in [-0.4, -0.2) is 30.8 Å². The first kappa shape index (κ1) is 25.1. The molecule has 1 N–H and O–H groups in total. The molecule has 0 saturated heterocycles. The van der Waals surface area contributed by atoms with Crippen LogP contribution < -0.4 is 9.62 Å². The number of anilines is 2. The Morgan fingerprint density at radius 1 is 0.971 bits per heavy atom. The van der Waals surface area contributed by atoms with E-state index in [0.29, 0.717) is 37.0 Å². The van der Waals surface area contributed by atoms with Crippen molar-refractivity contribution in [2.45, 2.75) is 13.5 Å². The fraction of sp³-hybridized carbons (Fsp3) is 0.125. The summed E-state index contributed by atoms with van der Waals surface area (Å²) in [5, 5.41) is 12.7. The van der Waals surface area contributed by atoms with Gasteiger partial charge in [-0.15, -0.1) is 10.2 Å². The van der Waals surface area contributed by atoms with Crippen molar-refractivity contribution in [1.29, 1.82) is 0 Å². The third kappa shape index (κ3) is 6.37. The van der Waals surface area contributed by atoms with Crippen LogP contribution in [0.5, 0.6) is 0 Å². The summed E-state index contributed by atoms with van der Waals surface area (Å²) in [4.78, 5) is 12.7. The zero-order valence-electron chi connectivity index (χ0n) is 18.7. The van der Waals surface area contributed by atoms with E-state index in [4.69, 9.17) is 23.2 Å². The number of hydrogen-bond donors (Lipinski definition) is 1. The summed E-state index contributed by atoms with van der Waals surface area (Å²) in [5.41, 5.74) is 3.51. The maximum atomic E-state index is 12.7. The number of aryl methyl sites for hydroxylation is 1. The number of carbonyl (C=O) groups excluding carboxylic acids is 1. The molecular weight excluding hydrogens is 527 g/mol. The second-order valence-corrected chi connectivity index (χ2v) is 11.6. The minimum Gasteiger partial charge on any atom is -0.296 e. The third-order valence-corrected chi connectivity index (χ3v) is 7.49. The van der Waals surface area contributed by atoms with E-state index in [1.54, 1.807) is 24.3 Å². The molecule has 4 rings (SSSR count). The van der Waals surface area contributed by atoms with Crippen molar-refractivity contribution in [1.82, 2.24) is 10.2 Å². The molecule has 0 unspecified atom stereocenters. The van der Waals surface area contributed by atoms with Gasteiger partial charge in [-0.05, 0) is 42.8 Å². The maximum Gasteiger partial charge on any atom is 0.257 e. The standard InChI is InChI=1S/C24H20Cl2N4O3S2/c1-15-3-7-18(8-4-15)23-28-29-24(34-23)27-22(31)17-9-5-16(6-10-17)14-30(35(2,32)33)21-12-19(25)11-20(26)13-21/h3-13H,14H2,1-2H3,(H,27,29,31). The van der Waals surface area contributed by atoms with E-state index >= 15 is 0 Å². The van der Waals surface area contributed by atoms with Crippen LogP contribution >= 0.6 is 34.5 Å². The van der Waals surface area contributed by atoms with Gasteiger partial charge in [0.2, 0.25) is 15.2 Å². The predicted octanol–water partition coefficient (Wildman–Crippen LogP) is 6.04. The number of sulfonamides is 1. The van der Waals surface area contributed by atoms with Crippen molar-refractivity contribution in [2.75, 3.05) is 15.9 Å². The van der Waals surface area contributed by atoms with E-state index in [1.807, 2.05) is 31.2 Å². The molecule has 1 aromatic heterocycles. The number of rotatable bonds is 7. The normalized spacial score (nSPS) is 11.3. The van der Waals surface area contributed by atoms with Crippen LogP contribution in [0.3, 0.4) is 0 Å². The minimum absolute atomic E-state index is 0.0493. The van der Waals surface area contributed by atoms with Crippen LogP contribution in [0.25, 0.3) is 10.6 Å². The Bertz CT molecular complexity index is 1450. The summed E-state index contributed by atoms with van der Waals surface area (Å²) in [6, 6.07) is 19.1. The minimum atomic E-state index is -3.62. The van der Waals surface area contributed by atoms with E-state index in [2.05, 4.69) is 15.5 Å². The molecule has 0 fully saturated rings. The number of hydrogen-bond acceptors (Lipinski definition) is 6. The average molecular weight is 547 g/mol. The summed E-state index contributed by atoms with van der Waals surface area (Å²) in [5.74, 6) is -0.343. The number of nitrogens with zero attached hydrogens (tertiary/aromatic N) is 3. The Balaban J connectivity index is 1.47. The van der Waals surface area contributed by atoms with E-state index in [1.165, 1.54) is 33.8 Å². The highest BCUT2D eigenvalue weighted by Gasteiger charge is 2.19. The molecule has 1 heterocycles. The maximum absolute atomic E-state index is 12.7. The lowest BCUT2D eigenvalue weighted by molar-refractivity contribution is 0.102. The van der Waals surface area contributed by atoms with Crippen LogP contribution in [-0.2, 0) is 16.6 Å². The Hall–Kier alpha value is -2.98. The Morgan fingerprint density at radius 2 is 1.60 bits per heavy atom. The number of aromatic nitrogens is 2. The molecule has 0 bridgehead atoms. The van der Waals surface area contributed by atoms with Gasteiger partial charge in [0.25, 0.3) is 5.91 Å². The molecule has 3 aromatic carbocycles. The summed E-state index contributed by atoms with van der Waals surface area (Å²) < 4.78 is 26.0.